The fraction of sp³-hybridized carbons (Fsp3) is 0.583. The predicted molar refractivity (Wildman–Crippen MR) is 57.7 cm³/mol. The minimum Gasteiger partial charge on any atom is -0.388 e. The summed E-state index contributed by atoms with van der Waals surface area (Å²) < 4.78 is 43.6. The SMILES string of the molecule is OC(c1cnccc1C(F)(F)F)C1CCCOC1. The van der Waals surface area contributed by atoms with E-state index in [1.54, 1.807) is 0 Å². The van der Waals surface area contributed by atoms with E-state index in [0.717, 1.165) is 24.9 Å². The molecule has 1 fully saturated rings. The summed E-state index contributed by atoms with van der Waals surface area (Å²) in [6.45, 7) is 0.885. The highest BCUT2D eigenvalue weighted by molar-refractivity contribution is 5.28. The molecule has 2 heterocycles. The summed E-state index contributed by atoms with van der Waals surface area (Å²) in [5.74, 6) is -0.302. The average molecular weight is 261 g/mol. The van der Waals surface area contributed by atoms with Crippen molar-refractivity contribution in [1.29, 1.82) is 0 Å². The second kappa shape index (κ2) is 5.24. The molecule has 2 atom stereocenters. The third-order valence-electron chi connectivity index (χ3n) is 3.12. The largest absolute Gasteiger partial charge is 0.416 e. The molecule has 0 spiro atoms. The van der Waals surface area contributed by atoms with E-state index in [0.29, 0.717) is 13.0 Å². The van der Waals surface area contributed by atoms with Crippen LogP contribution in [0.1, 0.15) is 30.1 Å². The van der Waals surface area contributed by atoms with Crippen LogP contribution in [0, 0.1) is 5.92 Å². The van der Waals surface area contributed by atoms with Crippen molar-refractivity contribution in [3.8, 4) is 0 Å². The highest BCUT2D eigenvalue weighted by atomic mass is 19.4. The molecule has 0 aliphatic carbocycles. The third-order valence-corrected chi connectivity index (χ3v) is 3.12. The lowest BCUT2D eigenvalue weighted by Crippen LogP contribution is -2.25. The minimum atomic E-state index is -4.48. The summed E-state index contributed by atoms with van der Waals surface area (Å²) in [4.78, 5) is 3.67. The third kappa shape index (κ3) is 2.81. The molecule has 0 amide bonds. The number of pyridine rings is 1. The number of aliphatic hydroxyl groups is 1. The van der Waals surface area contributed by atoms with Gasteiger partial charge in [-0.05, 0) is 18.9 Å². The molecule has 0 bridgehead atoms. The Morgan fingerprint density at radius 2 is 2.22 bits per heavy atom. The first-order valence-corrected chi connectivity index (χ1v) is 5.77. The number of aromatic nitrogens is 1. The zero-order chi connectivity index (χ0) is 13.2. The van der Waals surface area contributed by atoms with Gasteiger partial charge in [-0.15, -0.1) is 0 Å². The standard InChI is InChI=1S/C12H14F3NO2/c13-12(14,15)10-3-4-16-6-9(10)11(17)8-2-1-5-18-7-8/h3-4,6,8,11,17H,1-2,5,7H2. The van der Waals surface area contributed by atoms with Gasteiger partial charge in [0.05, 0.1) is 18.3 Å². The lowest BCUT2D eigenvalue weighted by atomic mass is 9.89. The summed E-state index contributed by atoms with van der Waals surface area (Å²) in [6.07, 6.45) is -2.08. The normalized spacial score (nSPS) is 22.8. The van der Waals surface area contributed by atoms with Crippen molar-refractivity contribution in [2.24, 2.45) is 5.92 Å². The van der Waals surface area contributed by atoms with Gasteiger partial charge in [-0.25, -0.2) is 0 Å². The molecular formula is C12H14F3NO2. The first-order chi connectivity index (χ1) is 8.50. The first kappa shape index (κ1) is 13.3. The molecular weight excluding hydrogens is 247 g/mol. The zero-order valence-electron chi connectivity index (χ0n) is 9.65. The summed E-state index contributed by atoms with van der Waals surface area (Å²) in [6, 6.07) is 0.891. The van der Waals surface area contributed by atoms with Gasteiger partial charge in [0.25, 0.3) is 0 Å². The highest BCUT2D eigenvalue weighted by Crippen LogP contribution is 2.37. The Morgan fingerprint density at radius 3 is 2.83 bits per heavy atom. The molecule has 0 aromatic carbocycles. The Balaban J connectivity index is 2.26. The van der Waals surface area contributed by atoms with Gasteiger partial charge in [0.2, 0.25) is 0 Å². The smallest absolute Gasteiger partial charge is 0.388 e. The molecule has 18 heavy (non-hydrogen) atoms. The van der Waals surface area contributed by atoms with Crippen LogP contribution in [0.3, 0.4) is 0 Å². The summed E-state index contributed by atoms with van der Waals surface area (Å²) in [5.41, 5.74) is -0.990. The number of ether oxygens (including phenoxy) is 1. The van der Waals surface area contributed by atoms with Gasteiger partial charge >= 0.3 is 6.18 Å². The number of alkyl halides is 3. The van der Waals surface area contributed by atoms with E-state index in [4.69, 9.17) is 4.74 Å². The second-order valence-corrected chi connectivity index (χ2v) is 4.38. The van der Waals surface area contributed by atoms with Gasteiger partial charge in [-0.2, -0.15) is 13.2 Å². The Morgan fingerprint density at radius 1 is 1.44 bits per heavy atom. The van der Waals surface area contributed by atoms with Gasteiger partial charge in [-0.1, -0.05) is 0 Å². The van der Waals surface area contributed by atoms with Crippen LogP contribution in [0.25, 0.3) is 0 Å². The number of hydrogen-bond acceptors (Lipinski definition) is 3. The molecule has 1 aromatic rings. The van der Waals surface area contributed by atoms with Gasteiger partial charge < -0.3 is 9.84 Å². The molecule has 100 valence electrons. The number of aliphatic hydroxyl groups excluding tert-OH is 1. The molecule has 3 nitrogen and oxygen atoms in total. The van der Waals surface area contributed by atoms with Crippen LogP contribution in [0.15, 0.2) is 18.5 Å². The Labute approximate surface area is 103 Å². The topological polar surface area (TPSA) is 42.4 Å². The van der Waals surface area contributed by atoms with Crippen LogP contribution in [0.2, 0.25) is 0 Å². The van der Waals surface area contributed by atoms with Crippen molar-refractivity contribution >= 4 is 0 Å². The van der Waals surface area contributed by atoms with Crippen molar-refractivity contribution in [1.82, 2.24) is 4.98 Å². The predicted octanol–water partition coefficient (Wildman–Crippen LogP) is 2.56. The molecule has 1 saturated heterocycles. The van der Waals surface area contributed by atoms with Crippen molar-refractivity contribution in [2.45, 2.75) is 25.1 Å². The molecule has 0 saturated carbocycles. The van der Waals surface area contributed by atoms with Crippen LogP contribution in [-0.4, -0.2) is 23.3 Å². The molecule has 2 rings (SSSR count). The molecule has 0 radical (unpaired) electrons. The summed E-state index contributed by atoms with van der Waals surface area (Å²) in [7, 11) is 0. The summed E-state index contributed by atoms with van der Waals surface area (Å²) in [5, 5.41) is 10.1. The van der Waals surface area contributed by atoms with E-state index in [1.807, 2.05) is 0 Å². The Kier molecular flexibility index (Phi) is 3.87. The lowest BCUT2D eigenvalue weighted by molar-refractivity contribution is -0.140. The van der Waals surface area contributed by atoms with E-state index in [2.05, 4.69) is 4.98 Å². The number of hydrogen-bond donors (Lipinski definition) is 1. The van der Waals surface area contributed by atoms with E-state index in [1.165, 1.54) is 0 Å². The second-order valence-electron chi connectivity index (χ2n) is 4.38. The van der Waals surface area contributed by atoms with E-state index in [9.17, 15) is 18.3 Å². The lowest BCUT2D eigenvalue weighted by Gasteiger charge is -2.28. The van der Waals surface area contributed by atoms with Gasteiger partial charge in [0, 0.05) is 30.5 Å². The molecule has 1 aliphatic rings. The van der Waals surface area contributed by atoms with Gasteiger partial charge in [0.15, 0.2) is 0 Å². The average Bonchev–Trinajstić information content (AvgIpc) is 2.38. The Bertz CT molecular complexity index is 403. The van der Waals surface area contributed by atoms with Crippen molar-refractivity contribution in [2.75, 3.05) is 13.2 Å². The quantitative estimate of drug-likeness (QED) is 0.889. The van der Waals surface area contributed by atoms with Crippen molar-refractivity contribution < 1.29 is 23.0 Å². The molecule has 1 aliphatic heterocycles. The first-order valence-electron chi connectivity index (χ1n) is 5.77. The van der Waals surface area contributed by atoms with Gasteiger partial charge in [-0.3, -0.25) is 4.98 Å². The Hall–Kier alpha value is -1.14. The van der Waals surface area contributed by atoms with E-state index < -0.39 is 17.8 Å². The monoisotopic (exact) mass is 261 g/mol. The van der Waals surface area contributed by atoms with Crippen molar-refractivity contribution in [3.63, 3.8) is 0 Å². The molecule has 1 N–H and O–H groups in total. The number of nitrogens with zero attached hydrogens (tertiary/aromatic N) is 1. The van der Waals surface area contributed by atoms with E-state index in [-0.39, 0.29) is 18.1 Å². The fourth-order valence-corrected chi connectivity index (χ4v) is 2.17. The van der Waals surface area contributed by atoms with Gasteiger partial charge in [0.1, 0.15) is 0 Å². The molecule has 2 unspecified atom stereocenters. The van der Waals surface area contributed by atoms with Crippen LogP contribution >= 0.6 is 0 Å². The highest BCUT2D eigenvalue weighted by Gasteiger charge is 2.37. The minimum absolute atomic E-state index is 0.166. The molecule has 1 aromatic heterocycles. The number of halogens is 3. The number of rotatable bonds is 2. The van der Waals surface area contributed by atoms with E-state index >= 15 is 0 Å². The zero-order valence-corrected chi connectivity index (χ0v) is 9.65. The van der Waals surface area contributed by atoms with Crippen LogP contribution in [0.4, 0.5) is 13.2 Å². The van der Waals surface area contributed by atoms with Crippen LogP contribution in [0.5, 0.6) is 0 Å². The van der Waals surface area contributed by atoms with Crippen LogP contribution < -0.4 is 0 Å². The molecule has 6 heteroatoms. The van der Waals surface area contributed by atoms with Crippen molar-refractivity contribution in [3.05, 3.63) is 29.6 Å². The summed E-state index contributed by atoms with van der Waals surface area (Å²) >= 11 is 0. The fourth-order valence-electron chi connectivity index (χ4n) is 2.17. The van der Waals surface area contributed by atoms with Crippen LogP contribution in [-0.2, 0) is 10.9 Å². The maximum Gasteiger partial charge on any atom is 0.416 e. The maximum atomic E-state index is 12.8. The maximum absolute atomic E-state index is 12.8.